The third kappa shape index (κ3) is 1.61. The first kappa shape index (κ1) is 9.10. The first-order valence-electron chi connectivity index (χ1n) is 4.56. The molecule has 1 aromatic rings. The van der Waals surface area contributed by atoms with Gasteiger partial charge in [0, 0.05) is 10.6 Å². The van der Waals surface area contributed by atoms with Crippen LogP contribution in [0.3, 0.4) is 0 Å². The number of thioether (sulfide) groups is 1. The van der Waals surface area contributed by atoms with Crippen LogP contribution in [-0.4, -0.2) is 10.9 Å². The zero-order chi connectivity index (χ0) is 9.47. The fraction of sp³-hybridized carbons (Fsp3) is 0.455. The molecule has 2 rings (SSSR count). The van der Waals surface area contributed by atoms with Crippen LogP contribution in [0.4, 0.5) is 0 Å². The fourth-order valence-corrected chi connectivity index (χ4v) is 3.00. The number of aryl methyl sites for hydroxylation is 1. The second-order valence-electron chi connectivity index (χ2n) is 3.87. The molecule has 2 heteroatoms. The maximum absolute atomic E-state index is 10.1. The topological polar surface area (TPSA) is 20.2 Å². The lowest BCUT2D eigenvalue weighted by Crippen LogP contribution is -2.25. The van der Waals surface area contributed by atoms with Crippen LogP contribution < -0.4 is 0 Å². The molecule has 13 heavy (non-hydrogen) atoms. The molecule has 1 N–H and O–H groups in total. The van der Waals surface area contributed by atoms with Gasteiger partial charge in [-0.1, -0.05) is 17.7 Å². The standard InChI is InChI=1S/C11H14OS/c1-8-3-4-10-9(7-8)11(2,12)5-6-13-10/h3-4,7,12H,5-6H2,1-2H3/t11-/m0/s1. The van der Waals surface area contributed by atoms with Crippen molar-refractivity contribution in [2.24, 2.45) is 0 Å². The molecule has 70 valence electrons. The smallest absolute Gasteiger partial charge is 0.0887 e. The molecule has 0 aliphatic carbocycles. The Morgan fingerprint density at radius 3 is 3.00 bits per heavy atom. The van der Waals surface area contributed by atoms with Crippen molar-refractivity contribution in [3.8, 4) is 0 Å². The van der Waals surface area contributed by atoms with E-state index in [9.17, 15) is 5.11 Å². The largest absolute Gasteiger partial charge is 0.385 e. The molecule has 0 spiro atoms. The molecule has 1 aliphatic rings. The van der Waals surface area contributed by atoms with Gasteiger partial charge in [-0.25, -0.2) is 0 Å². The lowest BCUT2D eigenvalue weighted by atomic mass is 9.92. The number of fused-ring (bicyclic) bond motifs is 1. The highest BCUT2D eigenvalue weighted by atomic mass is 32.2. The zero-order valence-corrected chi connectivity index (χ0v) is 8.82. The maximum Gasteiger partial charge on any atom is 0.0887 e. The number of hydrogen-bond donors (Lipinski definition) is 1. The second kappa shape index (κ2) is 3.03. The molecule has 0 saturated carbocycles. The molecule has 0 unspecified atom stereocenters. The summed E-state index contributed by atoms with van der Waals surface area (Å²) in [7, 11) is 0. The first-order chi connectivity index (χ1) is 6.09. The van der Waals surface area contributed by atoms with Gasteiger partial charge in [0.2, 0.25) is 0 Å². The molecular weight excluding hydrogens is 180 g/mol. The van der Waals surface area contributed by atoms with Crippen molar-refractivity contribution in [3.63, 3.8) is 0 Å². The second-order valence-corrected chi connectivity index (χ2v) is 5.01. The molecule has 0 aromatic heterocycles. The van der Waals surface area contributed by atoms with Crippen molar-refractivity contribution in [1.29, 1.82) is 0 Å². The molecule has 0 saturated heterocycles. The van der Waals surface area contributed by atoms with Crippen molar-refractivity contribution in [3.05, 3.63) is 29.3 Å². The predicted molar refractivity (Wildman–Crippen MR) is 56.1 cm³/mol. The first-order valence-corrected chi connectivity index (χ1v) is 5.54. The van der Waals surface area contributed by atoms with E-state index in [1.165, 1.54) is 10.5 Å². The van der Waals surface area contributed by atoms with E-state index in [2.05, 4.69) is 25.1 Å². The SMILES string of the molecule is Cc1ccc2c(c1)[C@@](C)(O)CCS2. The highest BCUT2D eigenvalue weighted by molar-refractivity contribution is 7.99. The molecule has 1 nitrogen and oxygen atoms in total. The Hall–Kier alpha value is -0.470. The molecular formula is C11H14OS. The monoisotopic (exact) mass is 194 g/mol. The molecule has 0 bridgehead atoms. The Bertz CT molecular complexity index is 331. The molecule has 1 atom stereocenters. The third-order valence-electron chi connectivity index (χ3n) is 2.56. The van der Waals surface area contributed by atoms with Gasteiger partial charge in [-0.15, -0.1) is 11.8 Å². The van der Waals surface area contributed by atoms with E-state index in [1.54, 1.807) is 0 Å². The Morgan fingerprint density at radius 1 is 1.46 bits per heavy atom. The quantitative estimate of drug-likeness (QED) is 0.685. The summed E-state index contributed by atoms with van der Waals surface area (Å²) < 4.78 is 0. The van der Waals surface area contributed by atoms with E-state index in [1.807, 2.05) is 18.7 Å². The van der Waals surface area contributed by atoms with Gasteiger partial charge < -0.3 is 5.11 Å². The van der Waals surface area contributed by atoms with Crippen molar-refractivity contribution in [2.75, 3.05) is 5.75 Å². The van der Waals surface area contributed by atoms with Crippen molar-refractivity contribution in [2.45, 2.75) is 30.8 Å². The summed E-state index contributed by atoms with van der Waals surface area (Å²) in [6, 6.07) is 6.32. The average molecular weight is 194 g/mol. The van der Waals surface area contributed by atoms with E-state index >= 15 is 0 Å². The summed E-state index contributed by atoms with van der Waals surface area (Å²) >= 11 is 1.84. The van der Waals surface area contributed by atoms with Crippen LogP contribution in [0.15, 0.2) is 23.1 Å². The van der Waals surface area contributed by atoms with Crippen LogP contribution in [0.1, 0.15) is 24.5 Å². The van der Waals surface area contributed by atoms with Crippen molar-refractivity contribution >= 4 is 11.8 Å². The zero-order valence-electron chi connectivity index (χ0n) is 8.00. The van der Waals surface area contributed by atoms with Gasteiger partial charge in [-0.05, 0) is 31.9 Å². The third-order valence-corrected chi connectivity index (χ3v) is 3.64. The lowest BCUT2D eigenvalue weighted by Gasteiger charge is -2.30. The van der Waals surface area contributed by atoms with Crippen molar-refractivity contribution < 1.29 is 5.11 Å². The highest BCUT2D eigenvalue weighted by Crippen LogP contribution is 2.40. The summed E-state index contributed by atoms with van der Waals surface area (Å²) in [4.78, 5) is 1.24. The molecule has 1 aliphatic heterocycles. The minimum Gasteiger partial charge on any atom is -0.385 e. The average Bonchev–Trinajstić information content (AvgIpc) is 2.06. The van der Waals surface area contributed by atoms with Gasteiger partial charge in [0.25, 0.3) is 0 Å². The Labute approximate surface area is 83.2 Å². The molecule has 0 radical (unpaired) electrons. The summed E-state index contributed by atoms with van der Waals surface area (Å²) in [5, 5.41) is 10.1. The van der Waals surface area contributed by atoms with Crippen LogP contribution in [-0.2, 0) is 5.60 Å². The molecule has 0 fully saturated rings. The normalized spacial score (nSPS) is 27.0. The Morgan fingerprint density at radius 2 is 2.23 bits per heavy atom. The fourth-order valence-electron chi connectivity index (χ4n) is 1.68. The molecule has 1 heterocycles. The van der Waals surface area contributed by atoms with Gasteiger partial charge in [-0.2, -0.15) is 0 Å². The number of benzene rings is 1. The molecule has 1 aromatic carbocycles. The summed E-state index contributed by atoms with van der Waals surface area (Å²) in [6.07, 6.45) is 0.855. The van der Waals surface area contributed by atoms with Crippen LogP contribution in [0.5, 0.6) is 0 Å². The van der Waals surface area contributed by atoms with Gasteiger partial charge in [-0.3, -0.25) is 0 Å². The van der Waals surface area contributed by atoms with E-state index in [0.717, 1.165) is 17.7 Å². The maximum atomic E-state index is 10.1. The van der Waals surface area contributed by atoms with E-state index in [4.69, 9.17) is 0 Å². The minimum atomic E-state index is -0.618. The van der Waals surface area contributed by atoms with Crippen molar-refractivity contribution in [1.82, 2.24) is 0 Å². The summed E-state index contributed by atoms with van der Waals surface area (Å²) in [5.74, 6) is 1.02. The van der Waals surface area contributed by atoms with Crippen LogP contribution in [0.2, 0.25) is 0 Å². The highest BCUT2D eigenvalue weighted by Gasteiger charge is 2.29. The number of hydrogen-bond acceptors (Lipinski definition) is 2. The molecule has 0 amide bonds. The lowest BCUT2D eigenvalue weighted by molar-refractivity contribution is 0.0497. The summed E-state index contributed by atoms with van der Waals surface area (Å²) in [5.41, 5.74) is 1.71. The van der Waals surface area contributed by atoms with E-state index in [0.29, 0.717) is 0 Å². The van der Waals surface area contributed by atoms with Gasteiger partial charge in [0.05, 0.1) is 5.60 Å². The van der Waals surface area contributed by atoms with Gasteiger partial charge in [0.1, 0.15) is 0 Å². The number of aliphatic hydroxyl groups is 1. The predicted octanol–water partition coefficient (Wildman–Crippen LogP) is 2.70. The Balaban J connectivity index is 2.55. The van der Waals surface area contributed by atoms with E-state index in [-0.39, 0.29) is 0 Å². The Kier molecular flexibility index (Phi) is 2.12. The van der Waals surface area contributed by atoms with Gasteiger partial charge >= 0.3 is 0 Å². The van der Waals surface area contributed by atoms with Crippen LogP contribution in [0, 0.1) is 6.92 Å². The van der Waals surface area contributed by atoms with Gasteiger partial charge in [0.15, 0.2) is 0 Å². The number of rotatable bonds is 0. The van der Waals surface area contributed by atoms with Crippen LogP contribution in [0.25, 0.3) is 0 Å². The van der Waals surface area contributed by atoms with Crippen LogP contribution >= 0.6 is 11.8 Å². The summed E-state index contributed by atoms with van der Waals surface area (Å²) in [6.45, 7) is 3.97. The van der Waals surface area contributed by atoms with E-state index < -0.39 is 5.60 Å². The minimum absolute atomic E-state index is 0.618.